The van der Waals surface area contributed by atoms with E-state index in [4.69, 9.17) is 0 Å². The van der Waals surface area contributed by atoms with E-state index in [2.05, 4.69) is 63.7 Å². The van der Waals surface area contributed by atoms with Gasteiger partial charge in [-0.25, -0.2) is 15.4 Å². The average molecular weight is 408 g/mol. The molecular formula is C22H25N5OS. The molecule has 0 atom stereocenters. The van der Waals surface area contributed by atoms with Crippen molar-refractivity contribution in [2.75, 3.05) is 5.75 Å². The molecule has 0 spiro atoms. The molecule has 3 aromatic rings. The number of benzene rings is 1. The minimum Gasteiger partial charge on any atom is -0.340 e. The van der Waals surface area contributed by atoms with Crippen LogP contribution in [0.2, 0.25) is 0 Å². The largest absolute Gasteiger partial charge is 0.340 e. The standard InChI is InChI=1S/C22H25N5OS/c1-6-9-27-17(5)19(18-10-14(2)7-8-20(18)27)12-23-26-21(28)13-29-22-24-15(3)11-16(4)25-22/h6-8,10-12H,1,9,13H2,2-5H3,(H,26,28)/b23-12+. The van der Waals surface area contributed by atoms with E-state index in [-0.39, 0.29) is 11.7 Å². The van der Waals surface area contributed by atoms with Crippen LogP contribution < -0.4 is 5.43 Å². The van der Waals surface area contributed by atoms with Crippen molar-refractivity contribution in [3.63, 3.8) is 0 Å². The summed E-state index contributed by atoms with van der Waals surface area (Å²) in [5.41, 5.74) is 8.77. The quantitative estimate of drug-likeness (QED) is 0.210. The van der Waals surface area contributed by atoms with Crippen molar-refractivity contribution in [3.05, 3.63) is 65.1 Å². The number of carbonyl (C=O) groups is 1. The molecule has 2 aromatic heterocycles. The molecule has 2 heterocycles. The monoisotopic (exact) mass is 407 g/mol. The summed E-state index contributed by atoms with van der Waals surface area (Å²) >= 11 is 1.30. The van der Waals surface area contributed by atoms with Gasteiger partial charge in [-0.2, -0.15) is 5.10 Å². The van der Waals surface area contributed by atoms with Crippen LogP contribution >= 0.6 is 11.8 Å². The third kappa shape index (κ3) is 4.92. The van der Waals surface area contributed by atoms with Crippen LogP contribution in [-0.2, 0) is 11.3 Å². The summed E-state index contributed by atoms with van der Waals surface area (Å²) in [7, 11) is 0. The highest BCUT2D eigenvalue weighted by Crippen LogP contribution is 2.26. The molecule has 1 N–H and O–H groups in total. The van der Waals surface area contributed by atoms with E-state index in [9.17, 15) is 4.79 Å². The number of nitrogens with zero attached hydrogens (tertiary/aromatic N) is 4. The fourth-order valence-electron chi connectivity index (χ4n) is 3.24. The molecule has 0 unspecified atom stereocenters. The number of aryl methyl sites for hydroxylation is 3. The summed E-state index contributed by atoms with van der Waals surface area (Å²) in [6, 6.07) is 8.24. The van der Waals surface area contributed by atoms with Crippen molar-refractivity contribution in [2.45, 2.75) is 39.4 Å². The Morgan fingerprint density at radius 2 is 1.93 bits per heavy atom. The number of thioether (sulfide) groups is 1. The van der Waals surface area contributed by atoms with Crippen LogP contribution in [0.15, 0.2) is 47.2 Å². The Balaban J connectivity index is 1.72. The van der Waals surface area contributed by atoms with Crippen molar-refractivity contribution in [3.8, 4) is 0 Å². The lowest BCUT2D eigenvalue weighted by Crippen LogP contribution is -2.20. The number of hydrogen-bond donors (Lipinski definition) is 1. The first-order chi connectivity index (χ1) is 13.9. The highest BCUT2D eigenvalue weighted by atomic mass is 32.2. The van der Waals surface area contributed by atoms with E-state index in [0.29, 0.717) is 5.16 Å². The maximum absolute atomic E-state index is 12.2. The number of aromatic nitrogens is 3. The Morgan fingerprint density at radius 3 is 2.62 bits per heavy atom. The van der Waals surface area contributed by atoms with Crippen molar-refractivity contribution in [1.29, 1.82) is 0 Å². The van der Waals surface area contributed by atoms with Crippen LogP contribution in [0.4, 0.5) is 0 Å². The maximum Gasteiger partial charge on any atom is 0.250 e. The SMILES string of the molecule is C=CCn1c(C)c(/C=N/NC(=O)CSc2nc(C)cc(C)n2)c2cc(C)ccc21. The normalized spacial score (nSPS) is 11.3. The third-order valence-corrected chi connectivity index (χ3v) is 5.36. The topological polar surface area (TPSA) is 72.2 Å². The van der Waals surface area contributed by atoms with Gasteiger partial charge in [0.1, 0.15) is 0 Å². The zero-order valence-electron chi connectivity index (χ0n) is 17.2. The van der Waals surface area contributed by atoms with Crippen LogP contribution in [0, 0.1) is 27.7 Å². The number of allylic oxidation sites excluding steroid dienone is 1. The van der Waals surface area contributed by atoms with Gasteiger partial charge in [0, 0.05) is 40.1 Å². The number of hydrogen-bond acceptors (Lipinski definition) is 5. The first-order valence-corrected chi connectivity index (χ1v) is 10.3. The van der Waals surface area contributed by atoms with Crippen LogP contribution in [0.25, 0.3) is 10.9 Å². The van der Waals surface area contributed by atoms with Crippen molar-refractivity contribution < 1.29 is 4.79 Å². The predicted octanol–water partition coefficient (Wildman–Crippen LogP) is 4.09. The van der Waals surface area contributed by atoms with E-state index in [1.807, 2.05) is 26.0 Å². The van der Waals surface area contributed by atoms with Crippen molar-refractivity contribution in [1.82, 2.24) is 20.0 Å². The maximum atomic E-state index is 12.2. The molecule has 150 valence electrons. The molecule has 6 nitrogen and oxygen atoms in total. The minimum atomic E-state index is -0.197. The number of nitrogens with one attached hydrogen (secondary N) is 1. The van der Waals surface area contributed by atoms with Crippen molar-refractivity contribution in [2.24, 2.45) is 5.10 Å². The number of rotatable bonds is 7. The highest BCUT2D eigenvalue weighted by Gasteiger charge is 2.12. The minimum absolute atomic E-state index is 0.197. The van der Waals surface area contributed by atoms with Crippen LogP contribution in [0.1, 0.15) is 28.2 Å². The second-order valence-corrected chi connectivity index (χ2v) is 7.88. The summed E-state index contributed by atoms with van der Waals surface area (Å²) in [6.45, 7) is 12.5. The molecule has 7 heteroatoms. The van der Waals surface area contributed by atoms with Gasteiger partial charge >= 0.3 is 0 Å². The van der Waals surface area contributed by atoms with Gasteiger partial charge in [-0.05, 0) is 45.9 Å². The van der Waals surface area contributed by atoms with Gasteiger partial charge in [0.15, 0.2) is 5.16 Å². The fourth-order valence-corrected chi connectivity index (χ4v) is 3.98. The van der Waals surface area contributed by atoms with Crippen molar-refractivity contribution >= 4 is 34.8 Å². The molecule has 0 radical (unpaired) electrons. The molecule has 29 heavy (non-hydrogen) atoms. The summed E-state index contributed by atoms with van der Waals surface area (Å²) < 4.78 is 2.19. The molecule has 1 amide bonds. The van der Waals surface area contributed by atoms with E-state index in [0.717, 1.165) is 40.1 Å². The Kier molecular flexibility index (Phi) is 6.49. The molecular weight excluding hydrogens is 382 g/mol. The third-order valence-electron chi connectivity index (χ3n) is 4.52. The Morgan fingerprint density at radius 1 is 1.21 bits per heavy atom. The Hall–Kier alpha value is -2.93. The number of amides is 1. The lowest BCUT2D eigenvalue weighted by atomic mass is 10.1. The zero-order valence-corrected chi connectivity index (χ0v) is 18.0. The first-order valence-electron chi connectivity index (χ1n) is 9.36. The summed E-state index contributed by atoms with van der Waals surface area (Å²) in [5.74, 6) is 0.00831. The van der Waals surface area contributed by atoms with E-state index in [1.54, 1.807) is 6.21 Å². The number of fused-ring (bicyclic) bond motifs is 1. The lowest BCUT2D eigenvalue weighted by Gasteiger charge is -2.04. The molecule has 1 aromatic carbocycles. The predicted molar refractivity (Wildman–Crippen MR) is 120 cm³/mol. The molecule has 0 saturated carbocycles. The molecule has 0 aliphatic carbocycles. The van der Waals surface area contributed by atoms with Gasteiger partial charge in [-0.3, -0.25) is 4.79 Å². The van der Waals surface area contributed by atoms with E-state index < -0.39 is 0 Å². The smallest absolute Gasteiger partial charge is 0.250 e. The average Bonchev–Trinajstić information content (AvgIpc) is 2.91. The van der Waals surface area contributed by atoms with E-state index in [1.165, 1.54) is 17.3 Å². The van der Waals surface area contributed by atoms with Gasteiger partial charge in [0.25, 0.3) is 5.91 Å². The zero-order chi connectivity index (χ0) is 21.0. The summed E-state index contributed by atoms with van der Waals surface area (Å²) in [4.78, 5) is 20.8. The Labute approximate surface area is 175 Å². The second kappa shape index (κ2) is 9.05. The highest BCUT2D eigenvalue weighted by molar-refractivity contribution is 7.99. The fraction of sp³-hybridized carbons (Fsp3) is 0.273. The van der Waals surface area contributed by atoms with E-state index >= 15 is 0 Å². The number of carbonyl (C=O) groups excluding carboxylic acids is 1. The lowest BCUT2D eigenvalue weighted by molar-refractivity contribution is -0.118. The molecule has 0 bridgehead atoms. The summed E-state index contributed by atoms with van der Waals surface area (Å²) in [5, 5.41) is 5.89. The van der Waals surface area contributed by atoms with Gasteiger partial charge in [0.2, 0.25) is 0 Å². The van der Waals surface area contributed by atoms with Gasteiger partial charge in [-0.15, -0.1) is 6.58 Å². The number of hydrazone groups is 1. The van der Waals surface area contributed by atoms with Crippen LogP contribution in [0.5, 0.6) is 0 Å². The van der Waals surface area contributed by atoms with Crippen LogP contribution in [0.3, 0.4) is 0 Å². The first kappa shape index (κ1) is 20.8. The molecule has 0 aliphatic rings. The van der Waals surface area contributed by atoms with Gasteiger partial charge in [0.05, 0.1) is 12.0 Å². The molecule has 0 aliphatic heterocycles. The Bertz CT molecular complexity index is 1080. The summed E-state index contributed by atoms with van der Waals surface area (Å²) in [6.07, 6.45) is 3.59. The second-order valence-electron chi connectivity index (χ2n) is 6.93. The molecule has 0 fully saturated rings. The molecule has 0 saturated heterocycles. The molecule has 3 rings (SSSR count). The van der Waals surface area contributed by atoms with Gasteiger partial charge in [-0.1, -0.05) is 29.5 Å². The van der Waals surface area contributed by atoms with Gasteiger partial charge < -0.3 is 4.57 Å². The van der Waals surface area contributed by atoms with Crippen LogP contribution in [-0.4, -0.2) is 32.4 Å².